The molecule has 1 atom stereocenters. The molecule has 0 bridgehead atoms. The summed E-state index contributed by atoms with van der Waals surface area (Å²) in [5, 5.41) is 9.51. The fraction of sp³-hybridized carbons (Fsp3) is 0.500. The Bertz CT molecular complexity index is 975. The van der Waals surface area contributed by atoms with E-state index in [-0.39, 0.29) is 6.10 Å². The van der Waals surface area contributed by atoms with E-state index in [1.165, 1.54) is 0 Å². The molecule has 0 aliphatic carbocycles. The lowest BCUT2D eigenvalue weighted by molar-refractivity contribution is -0.131. The summed E-state index contributed by atoms with van der Waals surface area (Å²) in [4.78, 5) is 10.8. The van der Waals surface area contributed by atoms with Crippen LogP contribution in [-0.4, -0.2) is 37.5 Å². The predicted octanol–water partition coefficient (Wildman–Crippen LogP) is 7.82. The number of unbranched alkanes of at least 4 members (excludes halogenated alkanes) is 3. The molecule has 2 aromatic rings. The Kier molecular flexibility index (Phi) is 14.6. The van der Waals surface area contributed by atoms with E-state index < -0.39 is 5.97 Å². The number of benzene rings is 2. The molecule has 0 spiro atoms. The van der Waals surface area contributed by atoms with Crippen LogP contribution in [0.2, 0.25) is 5.02 Å². The molecule has 204 valence electrons. The Hall–Kier alpha value is -2.70. The van der Waals surface area contributed by atoms with Crippen LogP contribution in [0.25, 0.3) is 0 Å². The Balaban J connectivity index is 2.05. The summed E-state index contributed by atoms with van der Waals surface area (Å²) in [6, 6.07) is 11.6. The SMILES string of the molecule is CCCCCOc1ccc(CCOc2ccc(C(CC=CC(=O)O)OCC)cc2OCCCC)cc1Cl. The van der Waals surface area contributed by atoms with Crippen molar-refractivity contribution in [3.63, 3.8) is 0 Å². The van der Waals surface area contributed by atoms with Gasteiger partial charge < -0.3 is 24.1 Å². The van der Waals surface area contributed by atoms with E-state index in [4.69, 9.17) is 35.7 Å². The van der Waals surface area contributed by atoms with E-state index in [0.717, 1.165) is 49.3 Å². The molecule has 1 N–H and O–H groups in total. The van der Waals surface area contributed by atoms with Gasteiger partial charge in [-0.15, -0.1) is 0 Å². The van der Waals surface area contributed by atoms with E-state index in [9.17, 15) is 4.79 Å². The molecule has 2 rings (SSSR count). The molecule has 37 heavy (non-hydrogen) atoms. The van der Waals surface area contributed by atoms with Gasteiger partial charge in [-0.05, 0) is 61.6 Å². The van der Waals surface area contributed by atoms with Crippen molar-refractivity contribution in [2.24, 2.45) is 0 Å². The van der Waals surface area contributed by atoms with Gasteiger partial charge in [-0.25, -0.2) is 4.79 Å². The summed E-state index contributed by atoms with van der Waals surface area (Å²) in [5.41, 5.74) is 1.98. The average molecular weight is 533 g/mol. The molecule has 6 nitrogen and oxygen atoms in total. The Morgan fingerprint density at radius 2 is 1.59 bits per heavy atom. The fourth-order valence-electron chi connectivity index (χ4n) is 3.71. The fourth-order valence-corrected chi connectivity index (χ4v) is 3.97. The molecule has 0 aliphatic heterocycles. The maximum Gasteiger partial charge on any atom is 0.327 e. The minimum absolute atomic E-state index is 0.270. The zero-order valence-electron chi connectivity index (χ0n) is 22.3. The summed E-state index contributed by atoms with van der Waals surface area (Å²) >= 11 is 6.43. The molecule has 2 aromatic carbocycles. The summed E-state index contributed by atoms with van der Waals surface area (Å²) < 4.78 is 23.8. The molecule has 0 fully saturated rings. The molecular weight excluding hydrogens is 492 g/mol. The highest BCUT2D eigenvalue weighted by Gasteiger charge is 2.15. The van der Waals surface area contributed by atoms with Crippen LogP contribution in [0, 0.1) is 0 Å². The van der Waals surface area contributed by atoms with Gasteiger partial charge in [0.1, 0.15) is 5.75 Å². The highest BCUT2D eigenvalue weighted by atomic mass is 35.5. The van der Waals surface area contributed by atoms with Gasteiger partial charge in [0.15, 0.2) is 11.5 Å². The van der Waals surface area contributed by atoms with Crippen LogP contribution < -0.4 is 14.2 Å². The molecule has 0 aromatic heterocycles. The van der Waals surface area contributed by atoms with Crippen LogP contribution in [0.15, 0.2) is 48.6 Å². The number of carbonyl (C=O) groups is 1. The molecule has 1 unspecified atom stereocenters. The van der Waals surface area contributed by atoms with Crippen LogP contribution in [-0.2, 0) is 16.0 Å². The topological polar surface area (TPSA) is 74.2 Å². The molecule has 0 amide bonds. The van der Waals surface area contributed by atoms with Gasteiger partial charge in [0.2, 0.25) is 0 Å². The smallest absolute Gasteiger partial charge is 0.327 e. The summed E-state index contributed by atoms with van der Waals surface area (Å²) in [7, 11) is 0. The molecule has 0 heterocycles. The standard InChI is InChI=1S/C30H41ClO6/c1-4-7-9-19-35-27-15-13-23(21-25(27)31)17-20-37-28-16-14-24(22-29(28)36-18-8-5-2)26(34-6-3)11-10-12-30(32)33/h10,12-16,21-22,26H,4-9,11,17-20H2,1-3H3,(H,32,33). The van der Waals surface area contributed by atoms with Crippen LogP contribution in [0.4, 0.5) is 0 Å². The highest BCUT2D eigenvalue weighted by Crippen LogP contribution is 2.34. The molecule has 0 aliphatic rings. The van der Waals surface area contributed by atoms with Crippen molar-refractivity contribution in [2.45, 2.75) is 71.8 Å². The molecule has 0 saturated carbocycles. The maximum atomic E-state index is 10.8. The second-order valence-electron chi connectivity index (χ2n) is 8.75. The van der Waals surface area contributed by atoms with E-state index in [1.807, 2.05) is 43.3 Å². The van der Waals surface area contributed by atoms with E-state index in [0.29, 0.717) is 61.5 Å². The van der Waals surface area contributed by atoms with Gasteiger partial charge in [0, 0.05) is 19.1 Å². The Labute approximate surface area is 226 Å². The third kappa shape index (κ3) is 11.5. The lowest BCUT2D eigenvalue weighted by Gasteiger charge is -2.19. The van der Waals surface area contributed by atoms with Crippen molar-refractivity contribution in [3.8, 4) is 17.2 Å². The highest BCUT2D eigenvalue weighted by molar-refractivity contribution is 6.32. The minimum atomic E-state index is -0.974. The van der Waals surface area contributed by atoms with Crippen molar-refractivity contribution in [2.75, 3.05) is 26.4 Å². The van der Waals surface area contributed by atoms with Crippen molar-refractivity contribution in [3.05, 3.63) is 64.7 Å². The van der Waals surface area contributed by atoms with Crippen LogP contribution >= 0.6 is 11.6 Å². The summed E-state index contributed by atoms with van der Waals surface area (Å²) in [6.45, 7) is 8.44. The van der Waals surface area contributed by atoms with Crippen molar-refractivity contribution < 1.29 is 28.8 Å². The first-order valence-corrected chi connectivity index (χ1v) is 13.7. The third-order valence-corrected chi connectivity index (χ3v) is 6.02. The predicted molar refractivity (Wildman–Crippen MR) is 148 cm³/mol. The van der Waals surface area contributed by atoms with Gasteiger partial charge in [-0.1, -0.05) is 62.9 Å². The quantitative estimate of drug-likeness (QED) is 0.147. The average Bonchev–Trinajstić information content (AvgIpc) is 2.88. The summed E-state index contributed by atoms with van der Waals surface area (Å²) in [6.07, 6.45) is 8.90. The number of hydrogen-bond acceptors (Lipinski definition) is 5. The third-order valence-electron chi connectivity index (χ3n) is 5.72. The normalized spacial score (nSPS) is 12.0. The largest absolute Gasteiger partial charge is 0.492 e. The second kappa shape index (κ2) is 17.7. The first-order chi connectivity index (χ1) is 18.0. The molecule has 7 heteroatoms. The maximum absolute atomic E-state index is 10.8. The van der Waals surface area contributed by atoms with Crippen LogP contribution in [0.5, 0.6) is 17.2 Å². The van der Waals surface area contributed by atoms with Crippen molar-refractivity contribution in [1.82, 2.24) is 0 Å². The number of rotatable bonds is 19. The zero-order valence-corrected chi connectivity index (χ0v) is 23.1. The van der Waals surface area contributed by atoms with E-state index in [1.54, 1.807) is 6.08 Å². The van der Waals surface area contributed by atoms with Gasteiger partial charge in [0.25, 0.3) is 0 Å². The number of carboxylic acids is 1. The number of carboxylic acid groups (broad SMARTS) is 1. The van der Waals surface area contributed by atoms with Crippen LogP contribution in [0.1, 0.15) is 76.5 Å². The monoisotopic (exact) mass is 532 g/mol. The first-order valence-electron chi connectivity index (χ1n) is 13.3. The van der Waals surface area contributed by atoms with Gasteiger partial charge >= 0.3 is 5.97 Å². The number of ether oxygens (including phenoxy) is 4. The Morgan fingerprint density at radius 1 is 0.892 bits per heavy atom. The lowest BCUT2D eigenvalue weighted by Crippen LogP contribution is -2.07. The zero-order chi connectivity index (χ0) is 26.9. The number of aliphatic carboxylic acids is 1. The number of hydrogen-bond donors (Lipinski definition) is 1. The minimum Gasteiger partial charge on any atom is -0.492 e. The van der Waals surface area contributed by atoms with Crippen molar-refractivity contribution >= 4 is 17.6 Å². The lowest BCUT2D eigenvalue weighted by atomic mass is 10.1. The Morgan fingerprint density at radius 3 is 2.30 bits per heavy atom. The van der Waals surface area contributed by atoms with E-state index >= 15 is 0 Å². The van der Waals surface area contributed by atoms with Crippen molar-refractivity contribution in [1.29, 1.82) is 0 Å². The molecule has 0 saturated heterocycles. The van der Waals surface area contributed by atoms with E-state index in [2.05, 4.69) is 13.8 Å². The number of halogens is 1. The second-order valence-corrected chi connectivity index (χ2v) is 9.15. The van der Waals surface area contributed by atoms with Gasteiger partial charge in [-0.2, -0.15) is 0 Å². The van der Waals surface area contributed by atoms with Crippen LogP contribution in [0.3, 0.4) is 0 Å². The van der Waals surface area contributed by atoms with Gasteiger partial charge in [-0.3, -0.25) is 0 Å². The molecular formula is C30H41ClO6. The van der Waals surface area contributed by atoms with Gasteiger partial charge in [0.05, 0.1) is 30.9 Å². The molecule has 0 radical (unpaired) electrons. The summed E-state index contributed by atoms with van der Waals surface area (Å²) in [5.74, 6) is 1.06. The first kappa shape index (κ1) is 30.5.